The Morgan fingerprint density at radius 2 is 1.86 bits per heavy atom. The van der Waals surface area contributed by atoms with Crippen LogP contribution in [0.15, 0.2) is 42.6 Å². The van der Waals surface area contributed by atoms with Crippen LogP contribution < -0.4 is 15.5 Å². The molecule has 0 radical (unpaired) electrons. The Bertz CT molecular complexity index is 956. The summed E-state index contributed by atoms with van der Waals surface area (Å²) in [6.45, 7) is 0. The Morgan fingerprint density at radius 1 is 1.10 bits per heavy atom. The standard InChI is InChI=1S/C21H21ClN4O3/c22-15-13-14(24-18(27)16-7-3-6-12-23-16)8-9-17(15)26-19(28)21(25-20(26)29)10-4-1-2-5-11-21/h3,6-9,12-13H,1-2,4-5,10-11H2,(H,24,27)(H,25,29). The Morgan fingerprint density at radius 3 is 2.52 bits per heavy atom. The van der Waals surface area contributed by atoms with Crippen LogP contribution >= 0.6 is 11.6 Å². The van der Waals surface area contributed by atoms with Crippen molar-refractivity contribution in [2.75, 3.05) is 10.2 Å². The van der Waals surface area contributed by atoms with Gasteiger partial charge in [0.2, 0.25) is 0 Å². The first-order valence-corrected chi connectivity index (χ1v) is 10.1. The molecule has 2 fully saturated rings. The molecular formula is C21H21ClN4O3. The number of hydrogen-bond acceptors (Lipinski definition) is 4. The van der Waals surface area contributed by atoms with Crippen LogP contribution in [-0.2, 0) is 4.79 Å². The van der Waals surface area contributed by atoms with E-state index in [-0.39, 0.29) is 22.5 Å². The van der Waals surface area contributed by atoms with Gasteiger partial charge in [-0.3, -0.25) is 14.6 Å². The first kappa shape index (κ1) is 19.4. The summed E-state index contributed by atoms with van der Waals surface area (Å²) in [5.74, 6) is -0.626. The molecule has 0 atom stereocenters. The molecule has 2 N–H and O–H groups in total. The Hall–Kier alpha value is -2.93. The van der Waals surface area contributed by atoms with Crippen LogP contribution in [-0.4, -0.2) is 28.4 Å². The van der Waals surface area contributed by atoms with Crippen LogP contribution in [0.4, 0.5) is 16.2 Å². The number of amides is 4. The predicted molar refractivity (Wildman–Crippen MR) is 110 cm³/mol. The number of hydrogen-bond donors (Lipinski definition) is 2. The van der Waals surface area contributed by atoms with Crippen LogP contribution in [0.5, 0.6) is 0 Å². The highest BCUT2D eigenvalue weighted by molar-refractivity contribution is 6.36. The van der Waals surface area contributed by atoms with Crippen molar-refractivity contribution < 1.29 is 14.4 Å². The summed E-state index contributed by atoms with van der Waals surface area (Å²) in [7, 11) is 0. The van der Waals surface area contributed by atoms with Crippen molar-refractivity contribution in [3.63, 3.8) is 0 Å². The number of nitrogens with one attached hydrogen (secondary N) is 2. The van der Waals surface area contributed by atoms with E-state index < -0.39 is 11.6 Å². The molecule has 2 heterocycles. The molecule has 150 valence electrons. The zero-order valence-electron chi connectivity index (χ0n) is 15.8. The van der Waals surface area contributed by atoms with Crippen LogP contribution in [0.2, 0.25) is 5.02 Å². The molecule has 29 heavy (non-hydrogen) atoms. The molecule has 4 rings (SSSR count). The number of nitrogens with zero attached hydrogens (tertiary/aromatic N) is 2. The normalized spacial score (nSPS) is 18.4. The zero-order chi connectivity index (χ0) is 20.4. The maximum atomic E-state index is 13.2. The van der Waals surface area contributed by atoms with Gasteiger partial charge in [0.1, 0.15) is 11.2 Å². The van der Waals surface area contributed by atoms with Crippen molar-refractivity contribution >= 4 is 40.8 Å². The summed E-state index contributed by atoms with van der Waals surface area (Å²) < 4.78 is 0. The molecule has 0 unspecified atom stereocenters. The molecule has 7 nitrogen and oxygen atoms in total. The summed E-state index contributed by atoms with van der Waals surface area (Å²) in [4.78, 5) is 43.2. The minimum absolute atomic E-state index is 0.206. The van der Waals surface area contributed by atoms with E-state index in [1.54, 1.807) is 30.3 Å². The minimum atomic E-state index is -0.831. The van der Waals surface area contributed by atoms with E-state index in [1.165, 1.54) is 12.3 Å². The van der Waals surface area contributed by atoms with Crippen molar-refractivity contribution in [3.05, 3.63) is 53.3 Å². The van der Waals surface area contributed by atoms with E-state index >= 15 is 0 Å². The lowest BCUT2D eigenvalue weighted by molar-refractivity contribution is -0.122. The average molecular weight is 413 g/mol. The van der Waals surface area contributed by atoms with E-state index in [2.05, 4.69) is 15.6 Å². The lowest BCUT2D eigenvalue weighted by atomic mass is 9.90. The van der Waals surface area contributed by atoms with Gasteiger partial charge < -0.3 is 10.6 Å². The molecule has 1 saturated heterocycles. The first-order valence-electron chi connectivity index (χ1n) is 9.69. The molecule has 2 aliphatic rings. The van der Waals surface area contributed by atoms with E-state index in [0.717, 1.165) is 30.6 Å². The number of rotatable bonds is 3. The highest BCUT2D eigenvalue weighted by Gasteiger charge is 2.51. The summed E-state index contributed by atoms with van der Waals surface area (Å²) in [6.07, 6.45) is 6.77. The Labute approximate surface area is 173 Å². The zero-order valence-corrected chi connectivity index (χ0v) is 16.5. The largest absolute Gasteiger partial charge is 0.329 e. The van der Waals surface area contributed by atoms with Crippen molar-refractivity contribution in [2.45, 2.75) is 44.1 Å². The van der Waals surface area contributed by atoms with Crippen molar-refractivity contribution in [1.29, 1.82) is 0 Å². The van der Waals surface area contributed by atoms with Crippen molar-refractivity contribution in [2.24, 2.45) is 0 Å². The quantitative estimate of drug-likeness (QED) is 0.741. The number of pyridine rings is 1. The average Bonchev–Trinajstić information content (AvgIpc) is 2.87. The van der Waals surface area contributed by atoms with Crippen LogP contribution in [0.25, 0.3) is 0 Å². The third-order valence-corrected chi connectivity index (χ3v) is 5.77. The summed E-state index contributed by atoms with van der Waals surface area (Å²) >= 11 is 6.39. The third-order valence-electron chi connectivity index (χ3n) is 5.46. The molecule has 8 heteroatoms. The summed E-state index contributed by atoms with van der Waals surface area (Å²) in [6, 6.07) is 9.30. The van der Waals surface area contributed by atoms with E-state index in [4.69, 9.17) is 11.6 Å². The molecule has 1 aromatic carbocycles. The van der Waals surface area contributed by atoms with Gasteiger partial charge in [0.25, 0.3) is 11.8 Å². The molecule has 4 amide bonds. The molecule has 1 aliphatic carbocycles. The van der Waals surface area contributed by atoms with E-state index in [0.29, 0.717) is 24.2 Å². The van der Waals surface area contributed by atoms with Gasteiger partial charge in [-0.2, -0.15) is 0 Å². The fourth-order valence-electron chi connectivity index (χ4n) is 3.97. The number of benzene rings is 1. The van der Waals surface area contributed by atoms with Gasteiger partial charge in [-0.15, -0.1) is 0 Å². The van der Waals surface area contributed by atoms with Crippen LogP contribution in [0.3, 0.4) is 0 Å². The Kier molecular flexibility index (Phi) is 5.24. The molecule has 0 bridgehead atoms. The fourth-order valence-corrected chi connectivity index (χ4v) is 4.23. The number of carbonyl (C=O) groups is 3. The number of aromatic nitrogens is 1. The van der Waals surface area contributed by atoms with Gasteiger partial charge in [0, 0.05) is 11.9 Å². The van der Waals surface area contributed by atoms with E-state index in [9.17, 15) is 14.4 Å². The third kappa shape index (κ3) is 3.70. The van der Waals surface area contributed by atoms with Crippen LogP contribution in [0, 0.1) is 0 Å². The highest BCUT2D eigenvalue weighted by atomic mass is 35.5. The fraction of sp³-hybridized carbons (Fsp3) is 0.333. The molecule has 2 aromatic rings. The van der Waals surface area contributed by atoms with Gasteiger partial charge >= 0.3 is 6.03 Å². The number of imide groups is 1. The SMILES string of the molecule is O=C(Nc1ccc(N2C(=O)NC3(CCCCCC3)C2=O)c(Cl)c1)c1ccccn1. The summed E-state index contributed by atoms with van der Waals surface area (Å²) in [5, 5.41) is 5.82. The minimum Gasteiger partial charge on any atom is -0.323 e. The Balaban J connectivity index is 1.55. The second-order valence-electron chi connectivity index (χ2n) is 7.40. The van der Waals surface area contributed by atoms with Gasteiger partial charge in [0.05, 0.1) is 10.7 Å². The maximum Gasteiger partial charge on any atom is 0.329 e. The van der Waals surface area contributed by atoms with Gasteiger partial charge in [-0.25, -0.2) is 9.69 Å². The number of carbonyl (C=O) groups excluding carboxylic acids is 3. The lowest BCUT2D eigenvalue weighted by Gasteiger charge is -2.25. The maximum absolute atomic E-state index is 13.2. The molecule has 1 aromatic heterocycles. The second-order valence-corrected chi connectivity index (χ2v) is 7.81. The molecule has 1 saturated carbocycles. The van der Waals surface area contributed by atoms with Gasteiger partial charge in [0.15, 0.2) is 0 Å². The summed E-state index contributed by atoms with van der Waals surface area (Å²) in [5.41, 5.74) is 0.205. The van der Waals surface area contributed by atoms with Crippen molar-refractivity contribution in [1.82, 2.24) is 10.3 Å². The molecule has 1 spiro atoms. The number of halogens is 1. The predicted octanol–water partition coefficient (Wildman–Crippen LogP) is 4.14. The topological polar surface area (TPSA) is 91.4 Å². The van der Waals surface area contributed by atoms with Crippen LogP contribution in [0.1, 0.15) is 49.0 Å². The second kappa shape index (κ2) is 7.83. The lowest BCUT2D eigenvalue weighted by Crippen LogP contribution is -2.46. The number of anilines is 2. The highest BCUT2D eigenvalue weighted by Crippen LogP contribution is 2.38. The first-order chi connectivity index (χ1) is 14.0. The monoisotopic (exact) mass is 412 g/mol. The van der Waals surface area contributed by atoms with E-state index in [1.807, 2.05) is 0 Å². The number of urea groups is 1. The molecular weight excluding hydrogens is 392 g/mol. The molecule has 1 aliphatic heterocycles. The van der Waals surface area contributed by atoms with Gasteiger partial charge in [-0.05, 0) is 43.2 Å². The smallest absolute Gasteiger partial charge is 0.323 e. The van der Waals surface area contributed by atoms with Gasteiger partial charge in [-0.1, -0.05) is 43.4 Å². The van der Waals surface area contributed by atoms with Crippen molar-refractivity contribution in [3.8, 4) is 0 Å².